The zero-order chi connectivity index (χ0) is 15.7. The normalized spacial score (nSPS) is 21.7. The van der Waals surface area contributed by atoms with Crippen LogP contribution in [0.5, 0.6) is 0 Å². The zero-order valence-corrected chi connectivity index (χ0v) is 12.6. The highest BCUT2D eigenvalue weighted by Gasteiger charge is 2.42. The maximum Gasteiger partial charge on any atom is 0.189 e. The molecule has 0 spiro atoms. The number of nitrogens with one attached hydrogen (secondary N) is 1. The molecular weight excluding hydrogens is 266 g/mol. The number of allylic oxidation sites excluding steroid dienone is 1. The fourth-order valence-electron chi connectivity index (χ4n) is 2.35. The fourth-order valence-corrected chi connectivity index (χ4v) is 2.35. The van der Waals surface area contributed by atoms with E-state index in [9.17, 15) is 9.90 Å². The number of benzene rings is 1. The van der Waals surface area contributed by atoms with Crippen LogP contribution in [0.4, 0.5) is 0 Å². The number of carbonyl (C=O) groups excluding carboxylic acids is 1. The summed E-state index contributed by atoms with van der Waals surface area (Å²) in [4.78, 5) is 17.7. The molecule has 0 radical (unpaired) electrons. The van der Waals surface area contributed by atoms with E-state index < -0.39 is 11.1 Å². The first-order valence-electron chi connectivity index (χ1n) is 6.91. The monoisotopic (exact) mass is 287 g/mol. The van der Waals surface area contributed by atoms with Crippen molar-refractivity contribution < 1.29 is 14.7 Å². The number of ketones is 1. The highest BCUT2D eigenvalue weighted by molar-refractivity contribution is 6.07. The summed E-state index contributed by atoms with van der Waals surface area (Å²) in [5.41, 5.74) is 2.79. The molecule has 1 aliphatic carbocycles. The lowest BCUT2D eigenvalue weighted by Crippen LogP contribution is -2.49. The molecule has 0 bridgehead atoms. The van der Waals surface area contributed by atoms with Gasteiger partial charge in [0.1, 0.15) is 11.3 Å². The van der Waals surface area contributed by atoms with Gasteiger partial charge in [-0.05, 0) is 32.8 Å². The zero-order valence-electron chi connectivity index (χ0n) is 12.6. The van der Waals surface area contributed by atoms with Gasteiger partial charge in [-0.3, -0.25) is 9.63 Å². The maximum atomic E-state index is 12.1. The molecule has 2 N–H and O–H groups in total. The summed E-state index contributed by atoms with van der Waals surface area (Å²) in [5.74, 6) is -0.268. The van der Waals surface area contributed by atoms with Crippen LogP contribution in [0.1, 0.15) is 43.1 Å². The predicted molar refractivity (Wildman–Crippen MR) is 82.0 cm³/mol. The van der Waals surface area contributed by atoms with Crippen molar-refractivity contribution >= 4 is 5.78 Å². The first-order chi connectivity index (χ1) is 9.80. The average Bonchev–Trinajstić information content (AvgIpc) is 2.41. The van der Waals surface area contributed by atoms with E-state index >= 15 is 0 Å². The molecule has 1 aliphatic rings. The highest BCUT2D eigenvalue weighted by Crippen LogP contribution is 2.38. The first kappa shape index (κ1) is 15.5. The topological polar surface area (TPSA) is 58.6 Å². The molecule has 4 heteroatoms. The molecule has 4 nitrogen and oxygen atoms in total. The molecule has 21 heavy (non-hydrogen) atoms. The summed E-state index contributed by atoms with van der Waals surface area (Å²) in [6, 6.07) is 7.20. The second-order valence-corrected chi connectivity index (χ2v) is 6.15. The molecule has 1 aromatic rings. The van der Waals surface area contributed by atoms with Gasteiger partial charge in [-0.15, -0.1) is 6.58 Å². The summed E-state index contributed by atoms with van der Waals surface area (Å²) in [6.45, 7) is 9.47. The quantitative estimate of drug-likeness (QED) is 0.658. The molecule has 0 heterocycles. The molecule has 0 aromatic heterocycles. The molecule has 112 valence electrons. The standard InChI is InChI=1S/C17H21NO3/c1-5-10-17(18-21-16(2,3)4)13-9-7-6-8-12(13)14(19)11-15(17)20/h5-9,11,18,20H,1,10H2,2-4H3. The number of aliphatic hydroxyl groups is 1. The van der Waals surface area contributed by atoms with Gasteiger partial charge in [0.2, 0.25) is 0 Å². The van der Waals surface area contributed by atoms with Gasteiger partial charge in [0.15, 0.2) is 5.78 Å². The van der Waals surface area contributed by atoms with Crippen molar-refractivity contribution in [2.45, 2.75) is 38.3 Å². The van der Waals surface area contributed by atoms with Crippen molar-refractivity contribution in [1.82, 2.24) is 5.48 Å². The number of hydroxylamine groups is 1. The molecule has 0 saturated heterocycles. The molecule has 0 aliphatic heterocycles. The van der Waals surface area contributed by atoms with Gasteiger partial charge >= 0.3 is 0 Å². The smallest absolute Gasteiger partial charge is 0.189 e. The Hall–Kier alpha value is -1.91. The minimum atomic E-state index is -0.987. The van der Waals surface area contributed by atoms with Gasteiger partial charge in [0.05, 0.1) is 5.60 Å². The van der Waals surface area contributed by atoms with E-state index in [2.05, 4.69) is 12.1 Å². The van der Waals surface area contributed by atoms with E-state index in [1.54, 1.807) is 18.2 Å². The van der Waals surface area contributed by atoms with E-state index in [1.807, 2.05) is 32.9 Å². The lowest BCUT2D eigenvalue weighted by atomic mass is 9.77. The number of aliphatic hydroxyl groups excluding tert-OH is 1. The lowest BCUT2D eigenvalue weighted by molar-refractivity contribution is -0.114. The Labute approximate surface area is 125 Å². The summed E-state index contributed by atoms with van der Waals surface area (Å²) >= 11 is 0. The molecule has 0 amide bonds. The maximum absolute atomic E-state index is 12.1. The average molecular weight is 287 g/mol. The number of fused-ring (bicyclic) bond motifs is 1. The van der Waals surface area contributed by atoms with E-state index in [0.29, 0.717) is 17.5 Å². The third-order valence-corrected chi connectivity index (χ3v) is 3.34. The van der Waals surface area contributed by atoms with Crippen molar-refractivity contribution in [3.8, 4) is 0 Å². The van der Waals surface area contributed by atoms with Gasteiger partial charge < -0.3 is 5.11 Å². The van der Waals surface area contributed by atoms with Gasteiger partial charge in [-0.2, -0.15) is 5.48 Å². The Balaban J connectivity index is 2.54. The van der Waals surface area contributed by atoms with Crippen LogP contribution in [0, 0.1) is 0 Å². The number of hydrogen-bond donors (Lipinski definition) is 2. The van der Waals surface area contributed by atoms with Crippen LogP contribution in [-0.2, 0) is 10.4 Å². The molecule has 1 atom stereocenters. The second kappa shape index (κ2) is 5.47. The van der Waals surface area contributed by atoms with Crippen LogP contribution in [0.3, 0.4) is 0 Å². The minimum Gasteiger partial charge on any atom is -0.510 e. The Morgan fingerprint density at radius 2 is 2.05 bits per heavy atom. The van der Waals surface area contributed by atoms with E-state index in [1.165, 1.54) is 6.08 Å². The summed E-state index contributed by atoms with van der Waals surface area (Å²) < 4.78 is 0. The van der Waals surface area contributed by atoms with Crippen LogP contribution in [0.2, 0.25) is 0 Å². The highest BCUT2D eigenvalue weighted by atomic mass is 16.7. The predicted octanol–water partition coefficient (Wildman–Crippen LogP) is 3.42. The van der Waals surface area contributed by atoms with Crippen LogP contribution in [-0.4, -0.2) is 16.5 Å². The molecule has 0 saturated carbocycles. The van der Waals surface area contributed by atoms with E-state index in [4.69, 9.17) is 4.84 Å². The van der Waals surface area contributed by atoms with Crippen molar-refractivity contribution in [3.05, 3.63) is 59.9 Å². The minimum absolute atomic E-state index is 0.0599. The first-order valence-corrected chi connectivity index (χ1v) is 6.91. The third-order valence-electron chi connectivity index (χ3n) is 3.34. The SMILES string of the molecule is C=CCC1(NOC(C)(C)C)C(O)=CC(=O)c2ccccc21. The molecule has 2 rings (SSSR count). The number of hydrogen-bond acceptors (Lipinski definition) is 4. The Bertz CT molecular complexity index is 598. The van der Waals surface area contributed by atoms with Crippen molar-refractivity contribution in [3.63, 3.8) is 0 Å². The van der Waals surface area contributed by atoms with Crippen LogP contribution < -0.4 is 5.48 Å². The Kier molecular flexibility index (Phi) is 4.03. The Morgan fingerprint density at radius 3 is 2.67 bits per heavy atom. The van der Waals surface area contributed by atoms with E-state index in [0.717, 1.165) is 0 Å². The van der Waals surface area contributed by atoms with Crippen LogP contribution in [0.25, 0.3) is 0 Å². The van der Waals surface area contributed by atoms with Crippen molar-refractivity contribution in [2.24, 2.45) is 0 Å². The van der Waals surface area contributed by atoms with Gasteiger partial charge in [-0.25, -0.2) is 0 Å². The molecule has 1 aromatic carbocycles. The van der Waals surface area contributed by atoms with Crippen LogP contribution in [0.15, 0.2) is 48.8 Å². The summed E-state index contributed by atoms with van der Waals surface area (Å²) in [6.07, 6.45) is 3.33. The molecular formula is C17H21NO3. The third kappa shape index (κ3) is 2.91. The molecule has 1 unspecified atom stereocenters. The van der Waals surface area contributed by atoms with Crippen LogP contribution >= 0.6 is 0 Å². The van der Waals surface area contributed by atoms with E-state index in [-0.39, 0.29) is 11.5 Å². The second-order valence-electron chi connectivity index (χ2n) is 6.15. The largest absolute Gasteiger partial charge is 0.510 e. The van der Waals surface area contributed by atoms with Crippen molar-refractivity contribution in [2.75, 3.05) is 0 Å². The lowest BCUT2D eigenvalue weighted by Gasteiger charge is -2.38. The number of rotatable bonds is 4. The van der Waals surface area contributed by atoms with Crippen molar-refractivity contribution in [1.29, 1.82) is 0 Å². The van der Waals surface area contributed by atoms with Gasteiger partial charge in [0.25, 0.3) is 0 Å². The summed E-state index contributed by atoms with van der Waals surface area (Å²) in [7, 11) is 0. The summed E-state index contributed by atoms with van der Waals surface area (Å²) in [5, 5.41) is 10.4. The Morgan fingerprint density at radius 1 is 1.38 bits per heavy atom. The fraction of sp³-hybridized carbons (Fsp3) is 0.353. The van der Waals surface area contributed by atoms with Gasteiger partial charge in [-0.1, -0.05) is 30.3 Å². The number of carbonyl (C=O) groups is 1. The molecule has 0 fully saturated rings. The van der Waals surface area contributed by atoms with Gasteiger partial charge in [0, 0.05) is 11.6 Å².